The maximum absolute atomic E-state index is 13.0. The van der Waals surface area contributed by atoms with Crippen molar-refractivity contribution in [3.05, 3.63) is 158 Å². The molecule has 1 N–H and O–H groups in total. The summed E-state index contributed by atoms with van der Waals surface area (Å²) in [5.41, 5.74) is 0. The van der Waals surface area contributed by atoms with Gasteiger partial charge in [0.1, 0.15) is 13.2 Å². The third kappa shape index (κ3) is 74.2. The highest BCUT2D eigenvalue weighted by Gasteiger charge is 2.25. The molecule has 0 aromatic rings. The zero-order chi connectivity index (χ0) is 67.5. The van der Waals surface area contributed by atoms with Crippen LogP contribution in [0.4, 0.5) is 0 Å². The summed E-state index contributed by atoms with van der Waals surface area (Å²) in [4.78, 5) is 37.7. The van der Waals surface area contributed by atoms with Gasteiger partial charge in [-0.05, 0) is 128 Å². The number of hydrogen-bond donors (Lipinski definition) is 1. The van der Waals surface area contributed by atoms with Crippen LogP contribution in [0.15, 0.2) is 158 Å². The molecule has 0 aromatic heterocycles. The predicted molar refractivity (Wildman–Crippen MR) is 400 cm³/mol. The minimum atomic E-state index is -1.53. The summed E-state index contributed by atoms with van der Waals surface area (Å²) >= 11 is 0. The number of carboxylic acid groups (broad SMARTS) is 1. The summed E-state index contributed by atoms with van der Waals surface area (Å²) < 4.78 is 23.0. The first-order valence-corrected chi connectivity index (χ1v) is 37.6. The first kappa shape index (κ1) is 87.9. The molecule has 93 heavy (non-hydrogen) atoms. The molecule has 0 aliphatic heterocycles. The van der Waals surface area contributed by atoms with E-state index < -0.39 is 24.3 Å². The van der Waals surface area contributed by atoms with Crippen molar-refractivity contribution in [3.63, 3.8) is 0 Å². The predicted octanol–water partition coefficient (Wildman–Crippen LogP) is 24.0. The quantitative estimate of drug-likeness (QED) is 0.0211. The number of aliphatic carboxylic acids is 1. The van der Waals surface area contributed by atoms with E-state index in [0.717, 1.165) is 135 Å². The topological polar surface area (TPSA) is 108 Å². The first-order chi connectivity index (χ1) is 45.6. The van der Waals surface area contributed by atoms with Gasteiger partial charge in [-0.15, -0.1) is 0 Å². The zero-order valence-corrected chi connectivity index (χ0v) is 60.4. The van der Waals surface area contributed by atoms with Gasteiger partial charge in [0.2, 0.25) is 0 Å². The number of rotatable bonds is 68. The molecule has 0 heterocycles. The number of likely N-dealkylation sites (N-methyl/N-ethyl adjacent to an activating group) is 1. The van der Waals surface area contributed by atoms with Crippen molar-refractivity contribution in [2.75, 3.05) is 47.5 Å². The van der Waals surface area contributed by atoms with Crippen molar-refractivity contribution < 1.29 is 42.9 Å². The second kappa shape index (κ2) is 72.7. The molecule has 0 bridgehead atoms. The van der Waals surface area contributed by atoms with E-state index in [0.29, 0.717) is 23.9 Å². The molecule has 0 rings (SSSR count). The summed E-state index contributed by atoms with van der Waals surface area (Å²) in [5, 5.41) is 9.76. The van der Waals surface area contributed by atoms with E-state index in [-0.39, 0.29) is 32.2 Å². The second-order valence-electron chi connectivity index (χ2n) is 25.9. The number of quaternary nitrogens is 1. The van der Waals surface area contributed by atoms with Crippen LogP contribution in [0.25, 0.3) is 0 Å². The smallest absolute Gasteiger partial charge is 0.361 e. The molecular formula is C84H140NO8+. The normalized spacial score (nSPS) is 13.6. The minimum absolute atomic E-state index is 0.177. The maximum Gasteiger partial charge on any atom is 0.361 e. The number of esters is 2. The molecule has 0 spiro atoms. The molecule has 2 atom stereocenters. The fourth-order valence-electron chi connectivity index (χ4n) is 10.1. The van der Waals surface area contributed by atoms with Gasteiger partial charge in [0.05, 0.1) is 34.4 Å². The SMILES string of the molecule is CC/C=C\C/C=C\C/C=C\C/C=C\C/C=C\C/C=C\C/C=C\C/C=C\C/C=C\C/C=C\CCCCCCCCC(=O)OC(COC(=O)CCCCCCCCCCCCCCCCCC/C=C\C/C=C\C/C=C\CCCCCCC)COC(OCC[N+](C)(C)C)C(=O)O. The number of unbranched alkanes of at least 4 members (excludes halogenated alkanes) is 27. The largest absolute Gasteiger partial charge is 0.477 e. The van der Waals surface area contributed by atoms with Gasteiger partial charge in [-0.2, -0.15) is 0 Å². The van der Waals surface area contributed by atoms with Crippen molar-refractivity contribution >= 4 is 17.9 Å². The lowest BCUT2D eigenvalue weighted by atomic mass is 10.0. The second-order valence-corrected chi connectivity index (χ2v) is 25.9. The average Bonchev–Trinajstić information content (AvgIpc) is 3.73. The molecular weight excluding hydrogens is 1150 g/mol. The van der Waals surface area contributed by atoms with E-state index in [1.807, 2.05) is 21.1 Å². The molecule has 0 aliphatic carbocycles. The highest BCUT2D eigenvalue weighted by Crippen LogP contribution is 2.17. The summed E-state index contributed by atoms with van der Waals surface area (Å²) in [7, 11) is 5.97. The third-order valence-corrected chi connectivity index (χ3v) is 15.8. The first-order valence-electron chi connectivity index (χ1n) is 37.6. The minimum Gasteiger partial charge on any atom is -0.477 e. The van der Waals surface area contributed by atoms with Crippen LogP contribution in [0.5, 0.6) is 0 Å². The number of carbonyl (C=O) groups is 3. The molecule has 0 radical (unpaired) electrons. The van der Waals surface area contributed by atoms with E-state index in [4.69, 9.17) is 18.9 Å². The van der Waals surface area contributed by atoms with Crippen LogP contribution in [0, 0.1) is 0 Å². The van der Waals surface area contributed by atoms with Crippen LogP contribution < -0.4 is 0 Å². The molecule has 0 aromatic carbocycles. The highest BCUT2D eigenvalue weighted by atomic mass is 16.7. The number of ether oxygens (including phenoxy) is 4. The Morgan fingerprint density at radius 3 is 0.914 bits per heavy atom. The van der Waals surface area contributed by atoms with E-state index >= 15 is 0 Å². The lowest BCUT2D eigenvalue weighted by molar-refractivity contribution is -0.870. The van der Waals surface area contributed by atoms with Gasteiger partial charge in [-0.1, -0.05) is 313 Å². The molecule has 0 amide bonds. The van der Waals surface area contributed by atoms with Gasteiger partial charge >= 0.3 is 17.9 Å². The molecule has 528 valence electrons. The Balaban J connectivity index is 4.17. The summed E-state index contributed by atoms with van der Waals surface area (Å²) in [6.07, 6.45) is 105. The molecule has 0 fully saturated rings. The summed E-state index contributed by atoms with van der Waals surface area (Å²) in [6.45, 7) is 4.74. The summed E-state index contributed by atoms with van der Waals surface area (Å²) in [5.74, 6) is -2.03. The lowest BCUT2D eigenvalue weighted by Gasteiger charge is -2.25. The Morgan fingerprint density at radius 1 is 0.333 bits per heavy atom. The van der Waals surface area contributed by atoms with Crippen LogP contribution in [-0.2, 0) is 33.3 Å². The summed E-state index contributed by atoms with van der Waals surface area (Å²) in [6, 6.07) is 0. The molecule has 0 saturated carbocycles. The van der Waals surface area contributed by atoms with Crippen molar-refractivity contribution in [2.24, 2.45) is 0 Å². The van der Waals surface area contributed by atoms with E-state index in [2.05, 4.69) is 172 Å². The van der Waals surface area contributed by atoms with Crippen LogP contribution in [0.2, 0.25) is 0 Å². The Bertz CT molecular complexity index is 2090. The van der Waals surface area contributed by atoms with Gasteiger partial charge in [0.15, 0.2) is 6.10 Å². The van der Waals surface area contributed by atoms with Crippen molar-refractivity contribution in [3.8, 4) is 0 Å². The molecule has 2 unspecified atom stereocenters. The number of allylic oxidation sites excluding steroid dienone is 26. The van der Waals surface area contributed by atoms with Gasteiger partial charge in [-0.3, -0.25) is 9.59 Å². The number of carboxylic acids is 1. The van der Waals surface area contributed by atoms with Gasteiger partial charge in [0.25, 0.3) is 6.29 Å². The fraction of sp³-hybridized carbons (Fsp3) is 0.655. The van der Waals surface area contributed by atoms with E-state index in [1.165, 1.54) is 128 Å². The Kier molecular flexibility index (Phi) is 68.8. The Hall–Kier alpha value is -5.09. The van der Waals surface area contributed by atoms with Crippen LogP contribution >= 0.6 is 0 Å². The maximum atomic E-state index is 13.0. The van der Waals surface area contributed by atoms with Crippen LogP contribution in [0.1, 0.15) is 296 Å². The highest BCUT2D eigenvalue weighted by molar-refractivity contribution is 5.71. The van der Waals surface area contributed by atoms with E-state index in [9.17, 15) is 19.5 Å². The van der Waals surface area contributed by atoms with Crippen molar-refractivity contribution in [2.45, 2.75) is 309 Å². The zero-order valence-electron chi connectivity index (χ0n) is 60.4. The molecule has 9 heteroatoms. The van der Waals surface area contributed by atoms with Crippen LogP contribution in [-0.4, -0.2) is 87.4 Å². The molecule has 0 aliphatic rings. The Labute approximate surface area is 572 Å². The van der Waals surface area contributed by atoms with Crippen LogP contribution in [0.3, 0.4) is 0 Å². The van der Waals surface area contributed by atoms with Gasteiger partial charge in [-0.25, -0.2) is 4.79 Å². The molecule has 9 nitrogen and oxygen atoms in total. The van der Waals surface area contributed by atoms with Crippen molar-refractivity contribution in [1.29, 1.82) is 0 Å². The third-order valence-electron chi connectivity index (χ3n) is 15.8. The fourth-order valence-corrected chi connectivity index (χ4v) is 10.1. The lowest BCUT2D eigenvalue weighted by Crippen LogP contribution is -2.40. The van der Waals surface area contributed by atoms with Crippen molar-refractivity contribution in [1.82, 2.24) is 0 Å². The number of hydrogen-bond acceptors (Lipinski definition) is 7. The number of carbonyl (C=O) groups excluding carboxylic acids is 2. The number of nitrogens with zero attached hydrogens (tertiary/aromatic N) is 1. The van der Waals surface area contributed by atoms with E-state index in [1.54, 1.807) is 0 Å². The average molecular weight is 1290 g/mol. The standard InChI is InChI=1S/C84H139NO8/c1-6-8-10-12-14-16-18-20-22-24-26-28-30-32-34-36-38-39-40-41-42-43-45-47-49-51-53-55-57-59-61-63-65-67-69-71-73-75-82(87)93-80(79-92-84(83(88)89)90-77-76-85(3,4)5)78-91-81(86)74-72-70-68-66-64-62-60-58-56-54-52-50-48-46-44-37-35-33-31-29-27-25-23-21-19-17-15-13-11-9-7-2/h8,10,14,16,19-22,25-28,31-34,38-39,41-42,45,47,51,53,57,59,80,84H,6-7,9,11-13,15,17-18,23-24,29-30,35-37,40,43-44,46,48-50,52,54-56,58,60-79H2,1-5H3/p+1/b10-8-,16-14-,21-19-,22-20-,27-25-,28-26-,33-31-,34-32-,39-38-,42-41-,47-45-,53-51-,59-57-. The van der Waals surface area contributed by atoms with Gasteiger partial charge in [0, 0.05) is 12.8 Å². The molecule has 0 saturated heterocycles. The monoisotopic (exact) mass is 1290 g/mol. The van der Waals surface area contributed by atoms with Gasteiger partial charge < -0.3 is 28.5 Å². The Morgan fingerprint density at radius 2 is 0.613 bits per heavy atom.